The number of carbonyl (C=O) groups is 2. The summed E-state index contributed by atoms with van der Waals surface area (Å²) in [5, 5.41) is 6.89. The molecule has 7 nitrogen and oxygen atoms in total. The number of thiophene rings is 1. The minimum Gasteiger partial charge on any atom is -0.462 e. The van der Waals surface area contributed by atoms with Gasteiger partial charge in [0, 0.05) is 14.9 Å². The van der Waals surface area contributed by atoms with Crippen molar-refractivity contribution in [1.82, 2.24) is 14.6 Å². The summed E-state index contributed by atoms with van der Waals surface area (Å²) in [6.45, 7) is 3.99. The third-order valence-corrected chi connectivity index (χ3v) is 8.06. The Hall–Kier alpha value is -3.25. The van der Waals surface area contributed by atoms with E-state index in [0.717, 1.165) is 40.0 Å². The molecular formula is C26H22BrF3N4O3S. The molecule has 1 aromatic carbocycles. The van der Waals surface area contributed by atoms with Crippen LogP contribution in [0.2, 0.25) is 0 Å². The molecule has 1 amide bonds. The van der Waals surface area contributed by atoms with Gasteiger partial charge in [-0.05, 0) is 55.9 Å². The van der Waals surface area contributed by atoms with Gasteiger partial charge in [0.05, 0.1) is 24.1 Å². The third kappa shape index (κ3) is 4.94. The van der Waals surface area contributed by atoms with E-state index in [1.54, 1.807) is 31.2 Å². The predicted octanol–water partition coefficient (Wildman–Crippen LogP) is 6.79. The molecule has 4 aromatic rings. The number of alkyl halides is 3. The average molecular weight is 607 g/mol. The predicted molar refractivity (Wildman–Crippen MR) is 141 cm³/mol. The third-order valence-electron chi connectivity index (χ3n) is 6.37. The number of esters is 1. The molecule has 5 rings (SSSR count). The molecule has 38 heavy (non-hydrogen) atoms. The number of fused-ring (bicyclic) bond motifs is 2. The minimum absolute atomic E-state index is 0.0414. The number of amides is 1. The number of rotatable bonds is 5. The van der Waals surface area contributed by atoms with E-state index < -0.39 is 23.7 Å². The number of halogens is 4. The number of carbonyl (C=O) groups excluding carboxylic acids is 2. The van der Waals surface area contributed by atoms with Gasteiger partial charge in [0.2, 0.25) is 0 Å². The van der Waals surface area contributed by atoms with E-state index in [-0.39, 0.29) is 23.5 Å². The van der Waals surface area contributed by atoms with Gasteiger partial charge >= 0.3 is 12.1 Å². The number of anilines is 1. The molecule has 3 heterocycles. The first-order valence-electron chi connectivity index (χ1n) is 11.9. The van der Waals surface area contributed by atoms with E-state index in [9.17, 15) is 22.8 Å². The van der Waals surface area contributed by atoms with Crippen molar-refractivity contribution in [2.75, 3.05) is 11.9 Å². The van der Waals surface area contributed by atoms with Crippen LogP contribution in [0, 0.1) is 5.92 Å². The maximum absolute atomic E-state index is 14.0. The number of benzene rings is 1. The van der Waals surface area contributed by atoms with Crippen LogP contribution in [-0.2, 0) is 23.8 Å². The summed E-state index contributed by atoms with van der Waals surface area (Å²) in [6, 6.07) is 7.53. The van der Waals surface area contributed by atoms with E-state index >= 15 is 0 Å². The molecule has 198 valence electrons. The SMILES string of the molecule is CCOC(=O)c1c(NC(=O)c2cnn3c(C(F)(F)F)cc(-c4ccc(Br)cc4)nc23)sc2c1CC[C@H](C)C2. The van der Waals surface area contributed by atoms with Crippen LogP contribution in [0.15, 0.2) is 41.0 Å². The largest absolute Gasteiger partial charge is 0.462 e. The van der Waals surface area contributed by atoms with Crippen molar-refractivity contribution < 1.29 is 27.5 Å². The fourth-order valence-corrected chi connectivity index (χ4v) is 6.18. The molecule has 0 saturated carbocycles. The molecule has 0 bridgehead atoms. The zero-order chi connectivity index (χ0) is 27.2. The highest BCUT2D eigenvalue weighted by molar-refractivity contribution is 9.10. The van der Waals surface area contributed by atoms with Crippen molar-refractivity contribution in [1.29, 1.82) is 0 Å². The average Bonchev–Trinajstić information content (AvgIpc) is 3.44. The quantitative estimate of drug-likeness (QED) is 0.253. The summed E-state index contributed by atoms with van der Waals surface area (Å²) < 4.78 is 48.5. The maximum Gasteiger partial charge on any atom is 0.433 e. The summed E-state index contributed by atoms with van der Waals surface area (Å²) in [6.07, 6.45) is -1.34. The second-order valence-electron chi connectivity index (χ2n) is 9.06. The van der Waals surface area contributed by atoms with Gasteiger partial charge in [-0.25, -0.2) is 14.3 Å². The molecule has 1 atom stereocenters. The Labute approximate surface area is 228 Å². The number of hydrogen-bond donors (Lipinski definition) is 1. The first kappa shape index (κ1) is 26.4. The summed E-state index contributed by atoms with van der Waals surface area (Å²) in [4.78, 5) is 31.6. The molecule has 12 heteroatoms. The van der Waals surface area contributed by atoms with Crippen molar-refractivity contribution in [3.63, 3.8) is 0 Å². The highest BCUT2D eigenvalue weighted by atomic mass is 79.9. The summed E-state index contributed by atoms with van der Waals surface area (Å²) in [7, 11) is 0. The smallest absolute Gasteiger partial charge is 0.433 e. The van der Waals surface area contributed by atoms with Crippen LogP contribution in [0.3, 0.4) is 0 Å². The van der Waals surface area contributed by atoms with Crippen LogP contribution in [-0.4, -0.2) is 33.1 Å². The molecule has 3 aromatic heterocycles. The molecule has 0 saturated heterocycles. The molecule has 1 aliphatic rings. The molecular weight excluding hydrogens is 585 g/mol. The van der Waals surface area contributed by atoms with Crippen molar-refractivity contribution >= 4 is 49.8 Å². The lowest BCUT2D eigenvalue weighted by Gasteiger charge is -2.18. The maximum atomic E-state index is 14.0. The molecule has 0 radical (unpaired) electrons. The monoisotopic (exact) mass is 606 g/mol. The molecule has 0 spiro atoms. The van der Waals surface area contributed by atoms with E-state index in [1.807, 2.05) is 0 Å². The van der Waals surface area contributed by atoms with Gasteiger partial charge in [-0.3, -0.25) is 4.79 Å². The second kappa shape index (κ2) is 10.1. The van der Waals surface area contributed by atoms with Gasteiger partial charge in [0.15, 0.2) is 11.3 Å². The van der Waals surface area contributed by atoms with Gasteiger partial charge in [-0.15, -0.1) is 11.3 Å². The Bertz CT molecular complexity index is 1550. The van der Waals surface area contributed by atoms with E-state index in [1.165, 1.54) is 11.3 Å². The lowest BCUT2D eigenvalue weighted by molar-refractivity contribution is -0.142. The Morgan fingerprint density at radius 2 is 2.00 bits per heavy atom. The van der Waals surface area contributed by atoms with E-state index in [2.05, 4.69) is 38.3 Å². The first-order chi connectivity index (χ1) is 18.1. The molecule has 0 fully saturated rings. The van der Waals surface area contributed by atoms with Gasteiger partial charge in [0.1, 0.15) is 10.6 Å². The zero-order valence-electron chi connectivity index (χ0n) is 20.4. The topological polar surface area (TPSA) is 85.6 Å². The van der Waals surface area contributed by atoms with Gasteiger partial charge < -0.3 is 10.1 Å². The number of nitrogens with zero attached hydrogens (tertiary/aromatic N) is 3. The highest BCUT2D eigenvalue weighted by Gasteiger charge is 2.36. The first-order valence-corrected chi connectivity index (χ1v) is 13.5. The Morgan fingerprint density at radius 1 is 1.26 bits per heavy atom. The zero-order valence-corrected chi connectivity index (χ0v) is 22.8. The number of aromatic nitrogens is 3. The van der Waals surface area contributed by atoms with Gasteiger partial charge in [-0.1, -0.05) is 35.0 Å². The van der Waals surface area contributed by atoms with Crippen LogP contribution < -0.4 is 5.32 Å². The second-order valence-corrected chi connectivity index (χ2v) is 11.1. The Kier molecular flexibility index (Phi) is 7.03. The van der Waals surface area contributed by atoms with Crippen molar-refractivity contribution in [3.8, 4) is 11.3 Å². The molecule has 1 aliphatic carbocycles. The number of hydrogen-bond acceptors (Lipinski definition) is 6. The fraction of sp³-hybridized carbons (Fsp3) is 0.308. The fourth-order valence-electron chi connectivity index (χ4n) is 4.52. The van der Waals surface area contributed by atoms with Gasteiger partial charge in [-0.2, -0.15) is 18.3 Å². The normalized spacial score (nSPS) is 15.4. The Balaban J connectivity index is 1.59. The Morgan fingerprint density at radius 3 is 2.68 bits per heavy atom. The summed E-state index contributed by atoms with van der Waals surface area (Å²) in [5.74, 6) is -0.822. The number of nitrogens with one attached hydrogen (secondary N) is 1. The van der Waals surface area contributed by atoms with E-state index in [4.69, 9.17) is 4.74 Å². The molecule has 0 unspecified atom stereocenters. The van der Waals surface area contributed by atoms with Crippen LogP contribution in [0.5, 0.6) is 0 Å². The minimum atomic E-state index is -4.74. The van der Waals surface area contributed by atoms with E-state index in [0.29, 0.717) is 33.0 Å². The van der Waals surface area contributed by atoms with Crippen molar-refractivity contribution in [3.05, 3.63) is 68.3 Å². The van der Waals surface area contributed by atoms with Crippen LogP contribution in [0.4, 0.5) is 18.2 Å². The molecule has 1 N–H and O–H groups in total. The van der Waals surface area contributed by atoms with Crippen LogP contribution >= 0.6 is 27.3 Å². The van der Waals surface area contributed by atoms with Crippen molar-refractivity contribution in [2.45, 2.75) is 39.3 Å². The van der Waals surface area contributed by atoms with Crippen LogP contribution in [0.25, 0.3) is 16.9 Å². The van der Waals surface area contributed by atoms with Crippen molar-refractivity contribution in [2.24, 2.45) is 5.92 Å². The summed E-state index contributed by atoms with van der Waals surface area (Å²) in [5.41, 5.74) is 0.192. The number of ether oxygens (including phenoxy) is 1. The standard InChI is InChI=1S/C26H22BrF3N4O3S/c1-3-37-25(36)21-16-9-4-13(2)10-19(16)38-24(21)33-23(35)17-12-31-34-20(26(28,29)30)11-18(32-22(17)34)14-5-7-15(27)8-6-14/h5-8,11-13H,3-4,9-10H2,1-2H3,(H,33,35)/t13-/m0/s1. The molecule has 0 aliphatic heterocycles. The van der Waals surface area contributed by atoms with Crippen LogP contribution in [0.1, 0.15) is 57.1 Å². The van der Waals surface area contributed by atoms with Gasteiger partial charge in [0.25, 0.3) is 5.91 Å². The lowest BCUT2D eigenvalue weighted by Crippen LogP contribution is -2.17. The summed E-state index contributed by atoms with van der Waals surface area (Å²) >= 11 is 4.61. The highest BCUT2D eigenvalue weighted by Crippen LogP contribution is 2.40. The lowest BCUT2D eigenvalue weighted by atomic mass is 9.88.